The van der Waals surface area contributed by atoms with Gasteiger partial charge in [-0.2, -0.15) is 0 Å². The van der Waals surface area contributed by atoms with Crippen LogP contribution < -0.4 is 0 Å². The van der Waals surface area contributed by atoms with Gasteiger partial charge in [0.15, 0.2) is 0 Å². The highest BCUT2D eigenvalue weighted by Crippen LogP contribution is 2.47. The van der Waals surface area contributed by atoms with Gasteiger partial charge in [-0.15, -0.1) is 0 Å². The third-order valence-electron chi connectivity index (χ3n) is 8.13. The molecule has 1 aliphatic rings. The Balaban J connectivity index is 1.33. The first-order chi connectivity index (χ1) is 18.6. The molecule has 0 radical (unpaired) electrons. The second-order valence-electron chi connectivity index (χ2n) is 10.6. The molecule has 0 unspecified atom stereocenters. The van der Waals surface area contributed by atoms with E-state index in [1.807, 2.05) is 24.4 Å². The van der Waals surface area contributed by atoms with Gasteiger partial charge < -0.3 is 4.42 Å². The van der Waals surface area contributed by atoms with E-state index < -0.39 is 0 Å². The molecule has 3 aromatic heterocycles. The maximum absolute atomic E-state index is 6.32. The first-order valence-electron chi connectivity index (χ1n) is 13.0. The molecule has 0 amide bonds. The number of rotatable bonds is 2. The minimum atomic E-state index is -0.103. The zero-order valence-electron chi connectivity index (χ0n) is 21.2. The highest BCUT2D eigenvalue weighted by molar-refractivity contribution is 6.19. The van der Waals surface area contributed by atoms with Crippen molar-refractivity contribution in [3.05, 3.63) is 120 Å². The Hall–Kier alpha value is -4.76. The normalized spacial score (nSPS) is 13.7. The van der Waals surface area contributed by atoms with Crippen LogP contribution in [0.25, 0.3) is 66.5 Å². The molecule has 3 nitrogen and oxygen atoms in total. The van der Waals surface area contributed by atoms with Gasteiger partial charge in [-0.3, -0.25) is 4.98 Å². The summed E-state index contributed by atoms with van der Waals surface area (Å²) in [5.74, 6) is 0. The molecular formula is C35H24N2O. The molecule has 0 fully saturated rings. The van der Waals surface area contributed by atoms with Crippen molar-refractivity contribution in [1.82, 2.24) is 9.97 Å². The summed E-state index contributed by atoms with van der Waals surface area (Å²) >= 11 is 0. The third-order valence-corrected chi connectivity index (χ3v) is 8.13. The van der Waals surface area contributed by atoms with Crippen LogP contribution in [0.3, 0.4) is 0 Å². The van der Waals surface area contributed by atoms with E-state index in [4.69, 9.17) is 14.4 Å². The summed E-state index contributed by atoms with van der Waals surface area (Å²) in [6.07, 6.45) is 1.86. The number of aromatic nitrogens is 2. The Morgan fingerprint density at radius 3 is 2.26 bits per heavy atom. The van der Waals surface area contributed by atoms with E-state index in [0.29, 0.717) is 0 Å². The van der Waals surface area contributed by atoms with Crippen molar-refractivity contribution in [2.75, 3.05) is 0 Å². The highest BCUT2D eigenvalue weighted by atomic mass is 16.3. The number of nitrogens with zero attached hydrogens (tertiary/aromatic N) is 2. The van der Waals surface area contributed by atoms with Crippen molar-refractivity contribution in [2.24, 2.45) is 0 Å². The molecule has 0 saturated heterocycles. The first kappa shape index (κ1) is 21.3. The Morgan fingerprint density at radius 1 is 0.605 bits per heavy atom. The lowest BCUT2D eigenvalue weighted by Gasteiger charge is -2.20. The van der Waals surface area contributed by atoms with Gasteiger partial charge in [-0.1, -0.05) is 86.6 Å². The number of pyridine rings is 2. The van der Waals surface area contributed by atoms with Crippen LogP contribution in [0.15, 0.2) is 114 Å². The summed E-state index contributed by atoms with van der Waals surface area (Å²) in [4.78, 5) is 9.87. The second-order valence-corrected chi connectivity index (χ2v) is 10.6. The number of fused-ring (bicyclic) bond motifs is 8. The molecular weight excluding hydrogens is 464 g/mol. The molecule has 1 aliphatic carbocycles. The first-order valence-corrected chi connectivity index (χ1v) is 13.0. The van der Waals surface area contributed by atoms with Crippen molar-refractivity contribution in [3.8, 4) is 33.8 Å². The Labute approximate surface area is 220 Å². The monoisotopic (exact) mass is 488 g/mol. The van der Waals surface area contributed by atoms with Crippen LogP contribution in [0.5, 0.6) is 0 Å². The maximum atomic E-state index is 6.32. The molecule has 180 valence electrons. The summed E-state index contributed by atoms with van der Waals surface area (Å²) in [5, 5.41) is 4.58. The van der Waals surface area contributed by atoms with E-state index in [1.54, 1.807) is 0 Å². The van der Waals surface area contributed by atoms with Gasteiger partial charge in [0, 0.05) is 33.3 Å². The van der Waals surface area contributed by atoms with Crippen molar-refractivity contribution < 1.29 is 4.42 Å². The molecule has 0 atom stereocenters. The zero-order chi connectivity index (χ0) is 25.4. The van der Waals surface area contributed by atoms with Gasteiger partial charge >= 0.3 is 0 Å². The highest BCUT2D eigenvalue weighted by Gasteiger charge is 2.37. The molecule has 0 N–H and O–H groups in total. The molecule has 38 heavy (non-hydrogen) atoms. The predicted molar refractivity (Wildman–Crippen MR) is 155 cm³/mol. The van der Waals surface area contributed by atoms with E-state index in [0.717, 1.165) is 55.5 Å². The Bertz CT molecular complexity index is 2060. The van der Waals surface area contributed by atoms with E-state index in [9.17, 15) is 0 Å². The lowest BCUT2D eigenvalue weighted by Crippen LogP contribution is -2.15. The fourth-order valence-electron chi connectivity index (χ4n) is 6.18. The minimum absolute atomic E-state index is 0.103. The van der Waals surface area contributed by atoms with Crippen molar-refractivity contribution >= 4 is 32.7 Å². The summed E-state index contributed by atoms with van der Waals surface area (Å²) < 4.78 is 6.32. The Kier molecular flexibility index (Phi) is 4.28. The molecule has 0 spiro atoms. The number of hydrogen-bond acceptors (Lipinski definition) is 3. The van der Waals surface area contributed by atoms with Crippen LogP contribution in [0.1, 0.15) is 25.0 Å². The van der Waals surface area contributed by atoms with Crippen LogP contribution in [0.4, 0.5) is 0 Å². The van der Waals surface area contributed by atoms with Gasteiger partial charge in [-0.25, -0.2) is 4.98 Å². The molecule has 0 bridgehead atoms. The molecule has 0 aliphatic heterocycles. The molecule has 4 aromatic carbocycles. The largest absolute Gasteiger partial charge is 0.455 e. The van der Waals surface area contributed by atoms with E-state index in [2.05, 4.69) is 98.8 Å². The molecule has 3 heteroatoms. The lowest BCUT2D eigenvalue weighted by molar-refractivity contribution is 0.658. The van der Waals surface area contributed by atoms with Crippen LogP contribution in [0, 0.1) is 0 Å². The zero-order valence-corrected chi connectivity index (χ0v) is 21.2. The summed E-state index contributed by atoms with van der Waals surface area (Å²) in [6, 6.07) is 36.3. The topological polar surface area (TPSA) is 38.9 Å². The predicted octanol–water partition coefficient (Wildman–Crippen LogP) is 9.17. The van der Waals surface area contributed by atoms with E-state index >= 15 is 0 Å². The van der Waals surface area contributed by atoms with E-state index in [-0.39, 0.29) is 5.41 Å². The average molecular weight is 489 g/mol. The summed E-state index contributed by atoms with van der Waals surface area (Å²) in [6.45, 7) is 4.50. The van der Waals surface area contributed by atoms with Crippen LogP contribution in [-0.2, 0) is 5.41 Å². The Morgan fingerprint density at radius 2 is 1.37 bits per heavy atom. The minimum Gasteiger partial charge on any atom is -0.455 e. The molecule has 7 aromatic rings. The standard InChI is InChI=1S/C35H24N2O/c1-35(2)28-14-8-18-36-32(28)33-29(35)16-17-30(37-33)22-10-7-9-21(19-22)26-20-27-24-12-5-6-15-31(24)38-34(27)25-13-4-3-11-23(25)26/h3-20H,1-2H3. The van der Waals surface area contributed by atoms with Gasteiger partial charge in [0.1, 0.15) is 11.2 Å². The van der Waals surface area contributed by atoms with Crippen molar-refractivity contribution in [1.29, 1.82) is 0 Å². The average Bonchev–Trinajstić information content (AvgIpc) is 3.45. The SMILES string of the molecule is CC1(C)c2cccnc2-c2nc(-c3cccc(-c4cc5c6ccccc6oc5c5ccccc45)c3)ccc21. The molecule has 8 rings (SSSR count). The fourth-order valence-corrected chi connectivity index (χ4v) is 6.18. The number of benzene rings is 4. The van der Waals surface area contributed by atoms with Crippen LogP contribution in [-0.4, -0.2) is 9.97 Å². The van der Waals surface area contributed by atoms with Gasteiger partial charge in [0.05, 0.1) is 17.1 Å². The fraction of sp³-hybridized carbons (Fsp3) is 0.0857. The van der Waals surface area contributed by atoms with Crippen molar-refractivity contribution in [2.45, 2.75) is 19.3 Å². The van der Waals surface area contributed by atoms with Gasteiger partial charge in [-0.05, 0) is 58.0 Å². The van der Waals surface area contributed by atoms with Gasteiger partial charge in [0.25, 0.3) is 0 Å². The lowest BCUT2D eigenvalue weighted by atomic mass is 9.83. The summed E-state index contributed by atoms with van der Waals surface area (Å²) in [7, 11) is 0. The molecule has 0 saturated carbocycles. The third kappa shape index (κ3) is 2.90. The molecule has 3 heterocycles. The quantitative estimate of drug-likeness (QED) is 0.243. The number of furan rings is 1. The number of hydrogen-bond donors (Lipinski definition) is 0. The second kappa shape index (κ2) is 7.62. The summed E-state index contributed by atoms with van der Waals surface area (Å²) in [5.41, 5.74) is 10.6. The maximum Gasteiger partial charge on any atom is 0.143 e. The smallest absolute Gasteiger partial charge is 0.143 e. The van der Waals surface area contributed by atoms with Crippen molar-refractivity contribution in [3.63, 3.8) is 0 Å². The van der Waals surface area contributed by atoms with Crippen LogP contribution >= 0.6 is 0 Å². The van der Waals surface area contributed by atoms with E-state index in [1.165, 1.54) is 22.1 Å². The van der Waals surface area contributed by atoms with Gasteiger partial charge in [0.2, 0.25) is 0 Å². The van der Waals surface area contributed by atoms with Crippen LogP contribution in [0.2, 0.25) is 0 Å². The number of para-hydroxylation sites is 1.